The number of aromatic nitrogens is 1. The fourth-order valence-electron chi connectivity index (χ4n) is 1.98. The molecule has 0 atom stereocenters. The number of thiazole rings is 1. The van der Waals surface area contributed by atoms with Gasteiger partial charge in [0.1, 0.15) is 5.75 Å². The first-order chi connectivity index (χ1) is 10.1. The number of carbonyl (C=O) groups is 1. The predicted octanol–water partition coefficient (Wildman–Crippen LogP) is 2.51. The zero-order valence-electron chi connectivity index (χ0n) is 11.0. The maximum Gasteiger partial charge on any atom is 0.251 e. The number of carbonyl (C=O) groups excluding carboxylic acids is 1. The number of benzene rings is 2. The molecule has 1 amide bonds. The minimum atomic E-state index is -0.156. The first-order valence-electron chi connectivity index (χ1n) is 6.34. The van der Waals surface area contributed by atoms with Crippen LogP contribution in [0.3, 0.4) is 0 Å². The van der Waals surface area contributed by atoms with Gasteiger partial charge in [-0.1, -0.05) is 23.5 Å². The van der Waals surface area contributed by atoms with Crippen LogP contribution in [0.1, 0.15) is 15.9 Å². The summed E-state index contributed by atoms with van der Waals surface area (Å²) < 4.78 is 0.893. The molecule has 106 valence electrons. The molecular formula is C15H13N3O2S. The van der Waals surface area contributed by atoms with Crippen molar-refractivity contribution in [2.45, 2.75) is 6.54 Å². The minimum Gasteiger partial charge on any atom is -0.508 e. The van der Waals surface area contributed by atoms with Crippen molar-refractivity contribution in [1.82, 2.24) is 10.3 Å². The Bertz CT molecular complexity index is 796. The molecule has 0 aliphatic carbocycles. The van der Waals surface area contributed by atoms with E-state index in [1.54, 1.807) is 42.5 Å². The normalized spacial score (nSPS) is 10.7. The monoisotopic (exact) mass is 299 g/mol. The number of amides is 1. The van der Waals surface area contributed by atoms with Crippen molar-refractivity contribution in [3.8, 4) is 5.75 Å². The highest BCUT2D eigenvalue weighted by Crippen LogP contribution is 2.24. The van der Waals surface area contributed by atoms with Gasteiger partial charge in [0, 0.05) is 12.1 Å². The lowest BCUT2D eigenvalue weighted by molar-refractivity contribution is 0.0951. The van der Waals surface area contributed by atoms with Crippen LogP contribution in [0, 0.1) is 0 Å². The lowest BCUT2D eigenvalue weighted by Crippen LogP contribution is -2.22. The van der Waals surface area contributed by atoms with Crippen LogP contribution in [-0.4, -0.2) is 16.0 Å². The average Bonchev–Trinajstić information content (AvgIpc) is 2.85. The topological polar surface area (TPSA) is 88.2 Å². The van der Waals surface area contributed by atoms with E-state index in [4.69, 9.17) is 5.73 Å². The molecule has 4 N–H and O–H groups in total. The molecule has 0 aliphatic heterocycles. The molecule has 21 heavy (non-hydrogen) atoms. The van der Waals surface area contributed by atoms with Gasteiger partial charge in [0.2, 0.25) is 0 Å². The Morgan fingerprint density at radius 3 is 2.76 bits per heavy atom. The van der Waals surface area contributed by atoms with Crippen LogP contribution in [0.2, 0.25) is 0 Å². The molecule has 0 radical (unpaired) electrons. The minimum absolute atomic E-state index is 0.156. The summed E-state index contributed by atoms with van der Waals surface area (Å²) in [6.07, 6.45) is 0. The number of nitrogens with one attached hydrogen (secondary N) is 1. The molecule has 0 saturated carbocycles. The lowest BCUT2D eigenvalue weighted by atomic mass is 10.2. The first kappa shape index (κ1) is 13.4. The number of nitrogens with two attached hydrogens (primary N) is 1. The highest BCUT2D eigenvalue weighted by Gasteiger charge is 2.08. The Morgan fingerprint density at radius 2 is 2.00 bits per heavy atom. The molecule has 1 heterocycles. The number of hydrogen-bond acceptors (Lipinski definition) is 5. The number of phenolic OH excluding ortho intramolecular Hbond substituents is 1. The van der Waals surface area contributed by atoms with Gasteiger partial charge in [0.15, 0.2) is 5.13 Å². The molecule has 3 aromatic rings. The van der Waals surface area contributed by atoms with Crippen LogP contribution in [-0.2, 0) is 6.54 Å². The van der Waals surface area contributed by atoms with Gasteiger partial charge in [-0.05, 0) is 35.9 Å². The standard InChI is InChI=1S/C15H13N3O2S/c16-15-18-12-6-3-10(7-13(12)21-15)14(20)17-8-9-1-4-11(19)5-2-9/h1-7,19H,8H2,(H2,16,18)(H,17,20). The first-order valence-corrected chi connectivity index (χ1v) is 7.15. The summed E-state index contributed by atoms with van der Waals surface area (Å²) in [5.74, 6) is 0.0512. The predicted molar refractivity (Wildman–Crippen MR) is 83.3 cm³/mol. The van der Waals surface area contributed by atoms with Crippen LogP contribution in [0.5, 0.6) is 5.75 Å². The number of phenols is 1. The molecule has 0 aliphatic rings. The van der Waals surface area contributed by atoms with Crippen molar-refractivity contribution in [1.29, 1.82) is 0 Å². The van der Waals surface area contributed by atoms with Gasteiger partial charge in [-0.2, -0.15) is 0 Å². The number of fused-ring (bicyclic) bond motifs is 1. The van der Waals surface area contributed by atoms with E-state index in [2.05, 4.69) is 10.3 Å². The number of hydrogen-bond donors (Lipinski definition) is 3. The molecule has 5 nitrogen and oxygen atoms in total. The van der Waals surface area contributed by atoms with E-state index < -0.39 is 0 Å². The van der Waals surface area contributed by atoms with Gasteiger partial charge in [0.05, 0.1) is 10.2 Å². The molecule has 0 bridgehead atoms. The van der Waals surface area contributed by atoms with E-state index in [1.807, 2.05) is 0 Å². The van der Waals surface area contributed by atoms with E-state index in [1.165, 1.54) is 11.3 Å². The SMILES string of the molecule is Nc1nc2ccc(C(=O)NCc3ccc(O)cc3)cc2s1. The quantitative estimate of drug-likeness (QED) is 0.693. The molecule has 1 aromatic heterocycles. The van der Waals surface area contributed by atoms with Crippen LogP contribution in [0.4, 0.5) is 5.13 Å². The van der Waals surface area contributed by atoms with Gasteiger partial charge >= 0.3 is 0 Å². The molecule has 3 rings (SSSR count). The smallest absolute Gasteiger partial charge is 0.251 e. The molecule has 0 unspecified atom stereocenters. The lowest BCUT2D eigenvalue weighted by Gasteiger charge is -2.05. The van der Waals surface area contributed by atoms with E-state index >= 15 is 0 Å². The summed E-state index contributed by atoms with van der Waals surface area (Å²) in [6.45, 7) is 0.405. The number of anilines is 1. The van der Waals surface area contributed by atoms with E-state index in [9.17, 15) is 9.90 Å². The highest BCUT2D eigenvalue weighted by atomic mass is 32.1. The van der Waals surface area contributed by atoms with Gasteiger partial charge < -0.3 is 16.2 Å². The van der Waals surface area contributed by atoms with Crippen molar-refractivity contribution in [3.63, 3.8) is 0 Å². The third-order valence-corrected chi connectivity index (χ3v) is 3.90. The Labute approximate surface area is 125 Å². The fourth-order valence-corrected chi connectivity index (χ4v) is 2.76. The molecular weight excluding hydrogens is 286 g/mol. The van der Waals surface area contributed by atoms with Gasteiger partial charge in [-0.3, -0.25) is 4.79 Å². The average molecular weight is 299 g/mol. The van der Waals surface area contributed by atoms with E-state index in [0.717, 1.165) is 15.8 Å². The zero-order chi connectivity index (χ0) is 14.8. The molecule has 0 fully saturated rings. The fraction of sp³-hybridized carbons (Fsp3) is 0.0667. The van der Waals surface area contributed by atoms with E-state index in [-0.39, 0.29) is 11.7 Å². The van der Waals surface area contributed by atoms with E-state index in [0.29, 0.717) is 17.2 Å². The summed E-state index contributed by atoms with van der Waals surface area (Å²) in [5.41, 5.74) is 7.94. The zero-order valence-corrected chi connectivity index (χ0v) is 11.9. The second-order valence-corrected chi connectivity index (χ2v) is 5.65. The molecule has 0 saturated heterocycles. The maximum absolute atomic E-state index is 12.1. The maximum atomic E-state index is 12.1. The number of aromatic hydroxyl groups is 1. The summed E-state index contributed by atoms with van der Waals surface area (Å²) in [7, 11) is 0. The largest absolute Gasteiger partial charge is 0.508 e. The second kappa shape index (κ2) is 5.41. The van der Waals surface area contributed by atoms with Gasteiger partial charge in [-0.25, -0.2) is 4.98 Å². The Kier molecular flexibility index (Phi) is 3.45. The Morgan fingerprint density at radius 1 is 1.24 bits per heavy atom. The highest BCUT2D eigenvalue weighted by molar-refractivity contribution is 7.22. The summed E-state index contributed by atoms with van der Waals surface area (Å²) in [5, 5.41) is 12.5. The van der Waals surface area contributed by atoms with Crippen molar-refractivity contribution in [2.75, 3.05) is 5.73 Å². The molecule has 2 aromatic carbocycles. The van der Waals surface area contributed by atoms with Crippen molar-refractivity contribution in [3.05, 3.63) is 53.6 Å². The number of rotatable bonds is 3. The Hall–Kier alpha value is -2.60. The van der Waals surface area contributed by atoms with Crippen LogP contribution in [0.25, 0.3) is 10.2 Å². The van der Waals surface area contributed by atoms with Crippen molar-refractivity contribution in [2.24, 2.45) is 0 Å². The van der Waals surface area contributed by atoms with Crippen LogP contribution in [0.15, 0.2) is 42.5 Å². The number of nitrogen functional groups attached to an aromatic ring is 1. The second-order valence-electron chi connectivity index (χ2n) is 4.58. The third kappa shape index (κ3) is 2.95. The summed E-state index contributed by atoms with van der Waals surface area (Å²) in [4.78, 5) is 16.3. The van der Waals surface area contributed by atoms with Crippen LogP contribution < -0.4 is 11.1 Å². The molecule has 6 heteroatoms. The third-order valence-electron chi connectivity index (χ3n) is 3.06. The number of nitrogens with zero attached hydrogens (tertiary/aromatic N) is 1. The van der Waals surface area contributed by atoms with Crippen molar-refractivity contribution >= 4 is 32.6 Å². The van der Waals surface area contributed by atoms with Gasteiger partial charge in [-0.15, -0.1) is 0 Å². The van der Waals surface area contributed by atoms with Crippen molar-refractivity contribution < 1.29 is 9.90 Å². The van der Waals surface area contributed by atoms with Crippen LogP contribution >= 0.6 is 11.3 Å². The summed E-state index contributed by atoms with van der Waals surface area (Å²) >= 11 is 1.36. The molecule has 0 spiro atoms. The van der Waals surface area contributed by atoms with Gasteiger partial charge in [0.25, 0.3) is 5.91 Å². The summed E-state index contributed by atoms with van der Waals surface area (Å²) in [6, 6.07) is 12.0. The Balaban J connectivity index is 1.72.